The molecular formula is C15H8Cl3F5N2O. The van der Waals surface area contributed by atoms with Gasteiger partial charge in [-0.25, -0.2) is 4.98 Å². The number of pyridine rings is 1. The third kappa shape index (κ3) is 4.55. The van der Waals surface area contributed by atoms with E-state index in [-0.39, 0.29) is 10.0 Å². The highest BCUT2D eigenvalue weighted by Crippen LogP contribution is 2.36. The van der Waals surface area contributed by atoms with Crippen LogP contribution in [0.4, 0.5) is 22.0 Å². The molecule has 11 heteroatoms. The highest BCUT2D eigenvalue weighted by molar-refractivity contribution is 6.35. The van der Waals surface area contributed by atoms with Crippen molar-refractivity contribution in [1.29, 1.82) is 0 Å². The highest BCUT2D eigenvalue weighted by Gasteiger charge is 2.39. The summed E-state index contributed by atoms with van der Waals surface area (Å²) in [6.07, 6.45) is -4.16. The van der Waals surface area contributed by atoms with Gasteiger partial charge in [-0.3, -0.25) is 4.79 Å². The molecule has 26 heavy (non-hydrogen) atoms. The fraction of sp³-hybridized carbons (Fsp3) is 0.200. The van der Waals surface area contributed by atoms with E-state index in [1.165, 1.54) is 0 Å². The Balaban J connectivity index is 2.26. The Kier molecular flexibility index (Phi) is 5.99. The van der Waals surface area contributed by atoms with E-state index >= 15 is 0 Å². The third-order valence-corrected chi connectivity index (χ3v) is 4.07. The predicted molar refractivity (Wildman–Crippen MR) is 86.9 cm³/mol. The summed E-state index contributed by atoms with van der Waals surface area (Å²) < 4.78 is 67.4. The molecule has 1 aromatic carbocycles. The van der Waals surface area contributed by atoms with Crippen molar-refractivity contribution in [2.45, 2.75) is 12.1 Å². The van der Waals surface area contributed by atoms with Crippen LogP contribution in [0.1, 0.15) is 21.5 Å². The van der Waals surface area contributed by atoms with Crippen LogP contribution in [-0.2, 0) is 12.1 Å². The Bertz CT molecular complexity index is 843. The van der Waals surface area contributed by atoms with E-state index in [1.54, 1.807) is 5.32 Å². The lowest BCUT2D eigenvalue weighted by molar-refractivity contribution is -0.138. The Hall–Kier alpha value is -1.64. The maximum Gasteiger partial charge on any atom is 0.417 e. The number of rotatable bonds is 4. The molecule has 0 aliphatic heterocycles. The average Bonchev–Trinajstić information content (AvgIpc) is 2.51. The molecule has 1 aromatic heterocycles. The van der Waals surface area contributed by atoms with Crippen LogP contribution in [0.2, 0.25) is 15.2 Å². The first-order valence-corrected chi connectivity index (χ1v) is 7.90. The predicted octanol–water partition coefficient (Wildman–Crippen LogP) is 5.58. The van der Waals surface area contributed by atoms with Crippen LogP contribution in [-0.4, -0.2) is 17.4 Å². The maximum absolute atomic E-state index is 14.2. The lowest BCUT2D eigenvalue weighted by Gasteiger charge is -2.20. The van der Waals surface area contributed by atoms with Gasteiger partial charge in [0, 0.05) is 16.8 Å². The van der Waals surface area contributed by atoms with Gasteiger partial charge in [0.05, 0.1) is 22.7 Å². The molecular weight excluding hydrogens is 426 g/mol. The molecule has 0 spiro atoms. The van der Waals surface area contributed by atoms with Gasteiger partial charge in [-0.05, 0) is 24.3 Å². The number of carbonyl (C=O) groups excluding carboxylic acids is 1. The summed E-state index contributed by atoms with van der Waals surface area (Å²) in [6.45, 7) is -1.31. The fourth-order valence-electron chi connectivity index (χ4n) is 2.05. The van der Waals surface area contributed by atoms with Crippen LogP contribution in [0.5, 0.6) is 0 Å². The lowest BCUT2D eigenvalue weighted by atomic mass is 10.1. The molecule has 0 unspecified atom stereocenters. The molecule has 0 saturated carbocycles. The molecule has 0 radical (unpaired) electrons. The van der Waals surface area contributed by atoms with E-state index in [2.05, 4.69) is 4.98 Å². The standard InChI is InChI=1S/C15H8Cl3F5N2O/c16-7-1-2-8(10(17)5-7)14(19,20)6-25-13(26)11-9(15(21,22)23)3-4-24-12(11)18/h1-5H,6H2,(H,25,26). The van der Waals surface area contributed by atoms with Crippen LogP contribution in [0.25, 0.3) is 0 Å². The van der Waals surface area contributed by atoms with Crippen LogP contribution >= 0.6 is 34.8 Å². The fourth-order valence-corrected chi connectivity index (χ4v) is 2.84. The summed E-state index contributed by atoms with van der Waals surface area (Å²) in [6, 6.07) is 3.72. The molecule has 0 bridgehead atoms. The minimum Gasteiger partial charge on any atom is -0.345 e. The Morgan fingerprint density at radius 1 is 1.04 bits per heavy atom. The zero-order valence-corrected chi connectivity index (χ0v) is 14.7. The first-order chi connectivity index (χ1) is 11.9. The molecule has 0 aliphatic carbocycles. The highest BCUT2D eigenvalue weighted by atomic mass is 35.5. The van der Waals surface area contributed by atoms with E-state index in [9.17, 15) is 26.7 Å². The number of amides is 1. The van der Waals surface area contributed by atoms with E-state index in [1.807, 2.05) is 0 Å². The average molecular weight is 434 g/mol. The van der Waals surface area contributed by atoms with Gasteiger partial charge in [-0.1, -0.05) is 34.8 Å². The van der Waals surface area contributed by atoms with Crippen molar-refractivity contribution in [1.82, 2.24) is 10.3 Å². The van der Waals surface area contributed by atoms with Crippen molar-refractivity contribution in [3.63, 3.8) is 0 Å². The van der Waals surface area contributed by atoms with Gasteiger partial charge in [0.15, 0.2) is 0 Å². The molecule has 3 nitrogen and oxygen atoms in total. The molecule has 1 N–H and O–H groups in total. The Morgan fingerprint density at radius 2 is 1.69 bits per heavy atom. The number of nitrogens with one attached hydrogen (secondary N) is 1. The van der Waals surface area contributed by atoms with E-state index in [0.29, 0.717) is 6.07 Å². The number of hydrogen-bond donors (Lipinski definition) is 1. The summed E-state index contributed by atoms with van der Waals surface area (Å²) in [5.74, 6) is -5.11. The number of aromatic nitrogens is 1. The molecule has 0 fully saturated rings. The molecule has 0 aliphatic rings. The van der Waals surface area contributed by atoms with Crippen molar-refractivity contribution in [3.8, 4) is 0 Å². The SMILES string of the molecule is O=C(NCC(F)(F)c1ccc(Cl)cc1Cl)c1c(C(F)(F)F)ccnc1Cl. The van der Waals surface area contributed by atoms with Crippen molar-refractivity contribution < 1.29 is 26.7 Å². The second-order valence-corrected chi connectivity index (χ2v) is 6.24. The Morgan fingerprint density at radius 3 is 2.27 bits per heavy atom. The van der Waals surface area contributed by atoms with Gasteiger partial charge >= 0.3 is 6.18 Å². The lowest BCUT2D eigenvalue weighted by Crippen LogP contribution is -2.36. The van der Waals surface area contributed by atoms with E-state index in [0.717, 1.165) is 24.4 Å². The summed E-state index contributed by atoms with van der Waals surface area (Å²) in [5, 5.41) is 0.735. The minimum atomic E-state index is -4.92. The number of hydrogen-bond acceptors (Lipinski definition) is 2. The van der Waals surface area contributed by atoms with E-state index < -0.39 is 46.4 Å². The largest absolute Gasteiger partial charge is 0.417 e. The molecule has 2 aromatic rings. The topological polar surface area (TPSA) is 42.0 Å². The third-order valence-electron chi connectivity index (χ3n) is 3.23. The van der Waals surface area contributed by atoms with Gasteiger partial charge in [-0.2, -0.15) is 22.0 Å². The van der Waals surface area contributed by atoms with Gasteiger partial charge < -0.3 is 5.32 Å². The normalized spacial score (nSPS) is 12.2. The zero-order valence-electron chi connectivity index (χ0n) is 12.5. The summed E-state index contributed by atoms with van der Waals surface area (Å²) in [4.78, 5) is 15.4. The molecule has 140 valence electrons. The van der Waals surface area contributed by atoms with Crippen molar-refractivity contribution in [2.24, 2.45) is 0 Å². The smallest absolute Gasteiger partial charge is 0.345 e. The van der Waals surface area contributed by atoms with Gasteiger partial charge in [0.25, 0.3) is 11.8 Å². The summed E-state index contributed by atoms with van der Waals surface area (Å²) in [7, 11) is 0. The minimum absolute atomic E-state index is 0.121. The molecule has 1 amide bonds. The summed E-state index contributed by atoms with van der Waals surface area (Å²) >= 11 is 16.9. The molecule has 2 rings (SSSR count). The first kappa shape index (κ1) is 20.7. The number of halogens is 8. The van der Waals surface area contributed by atoms with Crippen LogP contribution in [0, 0.1) is 0 Å². The van der Waals surface area contributed by atoms with Crippen molar-refractivity contribution in [3.05, 3.63) is 62.4 Å². The molecule has 0 atom stereocenters. The summed E-state index contributed by atoms with van der Waals surface area (Å²) in [5.41, 5.74) is -3.07. The quantitative estimate of drug-likeness (QED) is 0.505. The first-order valence-electron chi connectivity index (χ1n) is 6.76. The second-order valence-electron chi connectivity index (χ2n) is 5.03. The molecule has 0 saturated heterocycles. The number of alkyl halides is 5. The zero-order chi connectivity index (χ0) is 19.7. The van der Waals surface area contributed by atoms with Gasteiger partial charge in [0.2, 0.25) is 0 Å². The van der Waals surface area contributed by atoms with Gasteiger partial charge in [-0.15, -0.1) is 0 Å². The number of carbonyl (C=O) groups is 1. The monoisotopic (exact) mass is 432 g/mol. The van der Waals surface area contributed by atoms with Crippen molar-refractivity contribution >= 4 is 40.7 Å². The molecule has 1 heterocycles. The van der Waals surface area contributed by atoms with Crippen LogP contribution < -0.4 is 5.32 Å². The Labute approximate surface area is 159 Å². The number of benzene rings is 1. The van der Waals surface area contributed by atoms with Crippen LogP contribution in [0.15, 0.2) is 30.5 Å². The maximum atomic E-state index is 14.2. The van der Waals surface area contributed by atoms with Crippen molar-refractivity contribution in [2.75, 3.05) is 6.54 Å². The van der Waals surface area contributed by atoms with E-state index in [4.69, 9.17) is 34.8 Å². The van der Waals surface area contributed by atoms with Gasteiger partial charge in [0.1, 0.15) is 5.15 Å². The second kappa shape index (κ2) is 7.54. The van der Waals surface area contributed by atoms with Crippen LogP contribution in [0.3, 0.4) is 0 Å². The number of nitrogens with zero attached hydrogens (tertiary/aromatic N) is 1.